The molecule has 168 valence electrons. The SMILES string of the molecule is CCOc1ccc(C2=C(N3CC(C)OC(C)C3)C(=O)N(c3ccc(OC)cc3)C2=O)cc1. The minimum absolute atomic E-state index is 0.0502. The maximum atomic E-state index is 13.6. The van der Waals surface area contributed by atoms with Crippen LogP contribution in [0.5, 0.6) is 11.5 Å². The average Bonchev–Trinajstić information content (AvgIpc) is 3.04. The summed E-state index contributed by atoms with van der Waals surface area (Å²) in [4.78, 5) is 30.5. The number of hydrogen-bond donors (Lipinski definition) is 0. The molecule has 2 aromatic carbocycles. The zero-order valence-electron chi connectivity index (χ0n) is 18.8. The Balaban J connectivity index is 1.78. The standard InChI is InChI=1S/C25H28N2O5/c1-5-31-21-10-6-18(7-11-21)22-23(26-14-16(2)32-17(3)15-26)25(29)27(24(22)28)19-8-12-20(30-4)13-9-19/h6-13,16-17H,5,14-15H2,1-4H3. The van der Waals surface area contributed by atoms with E-state index in [4.69, 9.17) is 14.2 Å². The number of imide groups is 1. The van der Waals surface area contributed by atoms with Crippen LogP contribution in [0.4, 0.5) is 5.69 Å². The number of rotatable bonds is 6. The summed E-state index contributed by atoms with van der Waals surface area (Å²) >= 11 is 0. The normalized spacial score (nSPS) is 21.4. The predicted octanol–water partition coefficient (Wildman–Crippen LogP) is 3.49. The number of amides is 2. The van der Waals surface area contributed by atoms with Crippen LogP contribution < -0.4 is 14.4 Å². The van der Waals surface area contributed by atoms with Gasteiger partial charge >= 0.3 is 0 Å². The highest BCUT2D eigenvalue weighted by Crippen LogP contribution is 2.36. The fraction of sp³-hybridized carbons (Fsp3) is 0.360. The predicted molar refractivity (Wildman–Crippen MR) is 122 cm³/mol. The lowest BCUT2D eigenvalue weighted by molar-refractivity contribution is -0.121. The van der Waals surface area contributed by atoms with E-state index in [1.807, 2.05) is 49.9 Å². The molecular weight excluding hydrogens is 408 g/mol. The molecular formula is C25H28N2O5. The molecule has 0 saturated carbocycles. The number of anilines is 1. The Kier molecular flexibility index (Phi) is 6.19. The van der Waals surface area contributed by atoms with E-state index in [-0.39, 0.29) is 24.0 Å². The van der Waals surface area contributed by atoms with Crippen molar-refractivity contribution in [2.75, 3.05) is 31.7 Å². The lowest BCUT2D eigenvalue weighted by Gasteiger charge is -2.37. The summed E-state index contributed by atoms with van der Waals surface area (Å²) < 4.78 is 16.6. The molecule has 32 heavy (non-hydrogen) atoms. The number of ether oxygens (including phenoxy) is 3. The summed E-state index contributed by atoms with van der Waals surface area (Å²) in [5.41, 5.74) is 2.00. The molecule has 4 rings (SSSR count). The number of carbonyl (C=O) groups excluding carboxylic acids is 2. The van der Waals surface area contributed by atoms with Gasteiger partial charge in [-0.15, -0.1) is 0 Å². The quantitative estimate of drug-likeness (QED) is 0.646. The number of morpholine rings is 1. The molecule has 0 bridgehead atoms. The molecule has 1 saturated heterocycles. The van der Waals surface area contributed by atoms with E-state index in [2.05, 4.69) is 0 Å². The monoisotopic (exact) mass is 436 g/mol. The van der Waals surface area contributed by atoms with E-state index in [1.54, 1.807) is 31.4 Å². The van der Waals surface area contributed by atoms with Gasteiger partial charge < -0.3 is 19.1 Å². The Morgan fingerprint density at radius 1 is 0.906 bits per heavy atom. The van der Waals surface area contributed by atoms with Crippen molar-refractivity contribution >= 4 is 23.1 Å². The number of hydrogen-bond acceptors (Lipinski definition) is 6. The molecule has 2 aliphatic rings. The fourth-order valence-electron chi connectivity index (χ4n) is 4.28. The zero-order chi connectivity index (χ0) is 22.8. The first-order chi connectivity index (χ1) is 15.4. The summed E-state index contributed by atoms with van der Waals surface area (Å²) in [6.07, 6.45) is -0.100. The Hall–Kier alpha value is -3.32. The maximum absolute atomic E-state index is 13.6. The molecule has 2 heterocycles. The molecule has 0 radical (unpaired) electrons. The van der Waals surface area contributed by atoms with Crippen LogP contribution in [-0.2, 0) is 14.3 Å². The number of nitrogens with zero attached hydrogens (tertiary/aromatic N) is 2. The third kappa shape index (κ3) is 4.08. The smallest absolute Gasteiger partial charge is 0.282 e. The summed E-state index contributed by atoms with van der Waals surface area (Å²) in [6, 6.07) is 14.2. The van der Waals surface area contributed by atoms with Gasteiger partial charge in [-0.25, -0.2) is 4.90 Å². The van der Waals surface area contributed by atoms with Gasteiger partial charge in [0, 0.05) is 13.1 Å². The van der Waals surface area contributed by atoms with Crippen molar-refractivity contribution < 1.29 is 23.8 Å². The molecule has 7 heteroatoms. The topological polar surface area (TPSA) is 68.3 Å². The van der Waals surface area contributed by atoms with Gasteiger partial charge in [-0.1, -0.05) is 12.1 Å². The largest absolute Gasteiger partial charge is 0.497 e. The molecule has 2 atom stereocenters. The molecule has 2 unspecified atom stereocenters. The first-order valence-electron chi connectivity index (χ1n) is 10.8. The highest BCUT2D eigenvalue weighted by molar-refractivity contribution is 6.45. The lowest BCUT2D eigenvalue weighted by atomic mass is 10.0. The van der Waals surface area contributed by atoms with E-state index in [9.17, 15) is 9.59 Å². The van der Waals surface area contributed by atoms with Crippen LogP contribution in [0.1, 0.15) is 26.3 Å². The second kappa shape index (κ2) is 9.04. The van der Waals surface area contributed by atoms with Crippen molar-refractivity contribution in [3.8, 4) is 11.5 Å². The van der Waals surface area contributed by atoms with Crippen LogP contribution in [0.3, 0.4) is 0 Å². The van der Waals surface area contributed by atoms with E-state index in [0.717, 1.165) is 5.75 Å². The second-order valence-corrected chi connectivity index (χ2v) is 7.99. The first-order valence-corrected chi connectivity index (χ1v) is 10.8. The van der Waals surface area contributed by atoms with Crippen LogP contribution in [0.25, 0.3) is 5.57 Å². The van der Waals surface area contributed by atoms with E-state index < -0.39 is 0 Å². The van der Waals surface area contributed by atoms with Crippen LogP contribution >= 0.6 is 0 Å². The van der Waals surface area contributed by atoms with Crippen LogP contribution in [0.15, 0.2) is 54.2 Å². The average molecular weight is 437 g/mol. The van der Waals surface area contributed by atoms with Gasteiger partial charge in [0.05, 0.1) is 37.2 Å². The van der Waals surface area contributed by atoms with Gasteiger partial charge in [0.1, 0.15) is 17.2 Å². The van der Waals surface area contributed by atoms with Crippen molar-refractivity contribution in [3.05, 3.63) is 59.8 Å². The van der Waals surface area contributed by atoms with Gasteiger partial charge in [-0.05, 0) is 62.7 Å². The summed E-state index contributed by atoms with van der Waals surface area (Å²) in [5, 5.41) is 0. The van der Waals surface area contributed by atoms with E-state index >= 15 is 0 Å². The molecule has 2 aliphatic heterocycles. The summed E-state index contributed by atoms with van der Waals surface area (Å²) in [7, 11) is 1.58. The summed E-state index contributed by atoms with van der Waals surface area (Å²) in [5.74, 6) is 0.705. The second-order valence-electron chi connectivity index (χ2n) is 7.99. The molecule has 2 amide bonds. The third-order valence-electron chi connectivity index (χ3n) is 5.58. The highest BCUT2D eigenvalue weighted by atomic mass is 16.5. The number of benzene rings is 2. The minimum atomic E-state index is -0.342. The maximum Gasteiger partial charge on any atom is 0.282 e. The molecule has 0 N–H and O–H groups in total. The Bertz CT molecular complexity index is 1020. The van der Waals surface area contributed by atoms with Crippen LogP contribution in [0.2, 0.25) is 0 Å². The van der Waals surface area contributed by atoms with Gasteiger partial charge in [-0.2, -0.15) is 0 Å². The van der Waals surface area contributed by atoms with E-state index in [1.165, 1.54) is 4.90 Å². The van der Waals surface area contributed by atoms with Gasteiger partial charge in [-0.3, -0.25) is 9.59 Å². The molecule has 0 spiro atoms. The highest BCUT2D eigenvalue weighted by Gasteiger charge is 2.43. The third-order valence-corrected chi connectivity index (χ3v) is 5.58. The molecule has 2 aromatic rings. The van der Waals surface area contributed by atoms with Crippen molar-refractivity contribution in [2.45, 2.75) is 33.0 Å². The fourth-order valence-corrected chi connectivity index (χ4v) is 4.28. The Labute approximate surface area is 188 Å². The van der Waals surface area contributed by atoms with Crippen molar-refractivity contribution in [1.82, 2.24) is 4.90 Å². The molecule has 0 aromatic heterocycles. The van der Waals surface area contributed by atoms with Crippen LogP contribution in [0, 0.1) is 0 Å². The summed E-state index contributed by atoms with van der Waals surface area (Å²) in [6.45, 7) is 7.50. The zero-order valence-corrected chi connectivity index (χ0v) is 18.8. The van der Waals surface area contributed by atoms with Gasteiger partial charge in [0.15, 0.2) is 0 Å². The first kappa shape index (κ1) is 21.9. The molecule has 7 nitrogen and oxygen atoms in total. The van der Waals surface area contributed by atoms with E-state index in [0.29, 0.717) is 48.0 Å². The van der Waals surface area contributed by atoms with Gasteiger partial charge in [0.25, 0.3) is 11.8 Å². The van der Waals surface area contributed by atoms with Crippen molar-refractivity contribution in [3.63, 3.8) is 0 Å². The van der Waals surface area contributed by atoms with Crippen molar-refractivity contribution in [2.24, 2.45) is 0 Å². The number of methoxy groups -OCH3 is 1. The Morgan fingerprint density at radius 3 is 2.06 bits per heavy atom. The minimum Gasteiger partial charge on any atom is -0.497 e. The number of carbonyl (C=O) groups is 2. The van der Waals surface area contributed by atoms with Crippen molar-refractivity contribution in [1.29, 1.82) is 0 Å². The Morgan fingerprint density at radius 2 is 1.50 bits per heavy atom. The molecule has 1 fully saturated rings. The molecule has 0 aliphatic carbocycles. The van der Waals surface area contributed by atoms with Crippen LogP contribution in [-0.4, -0.2) is 55.7 Å². The lowest BCUT2D eigenvalue weighted by Crippen LogP contribution is -2.47. The van der Waals surface area contributed by atoms with Gasteiger partial charge in [0.2, 0.25) is 0 Å².